The van der Waals surface area contributed by atoms with Gasteiger partial charge in [0.15, 0.2) is 0 Å². The van der Waals surface area contributed by atoms with Crippen molar-refractivity contribution >= 4 is 5.91 Å². The van der Waals surface area contributed by atoms with Crippen molar-refractivity contribution in [3.8, 4) is 0 Å². The Balaban J connectivity index is 1.26. The predicted molar refractivity (Wildman–Crippen MR) is 139 cm³/mol. The predicted octanol–water partition coefficient (Wildman–Crippen LogP) is 6.09. The van der Waals surface area contributed by atoms with Gasteiger partial charge in [-0.05, 0) is 69.6 Å². The molecule has 1 saturated carbocycles. The van der Waals surface area contributed by atoms with Crippen LogP contribution in [0, 0.1) is 18.7 Å². The Bertz CT molecular complexity index is 1110. The number of benzene rings is 1. The second-order valence-corrected chi connectivity index (χ2v) is 11.9. The molecule has 208 valence electrons. The number of amides is 1. The SMILES string of the molecule is Cc1nnc(C(C)C)n1C1C[C@H]2CC[C@@H](C1)N2CC[C@H](NC(=O)C1CCC(F)(F)CC1)c1cccc(F)c1. The maximum Gasteiger partial charge on any atom is 0.248 e. The first-order valence-corrected chi connectivity index (χ1v) is 14.2. The molecule has 1 aliphatic carbocycles. The number of rotatable bonds is 8. The summed E-state index contributed by atoms with van der Waals surface area (Å²) in [6.45, 7) is 7.14. The van der Waals surface area contributed by atoms with Crippen molar-refractivity contribution in [2.75, 3.05) is 6.54 Å². The number of nitrogens with zero attached hydrogens (tertiary/aromatic N) is 4. The van der Waals surface area contributed by atoms with Crippen molar-refractivity contribution in [2.45, 2.75) is 115 Å². The monoisotopic (exact) mass is 531 g/mol. The van der Waals surface area contributed by atoms with Gasteiger partial charge in [0.1, 0.15) is 17.5 Å². The fourth-order valence-corrected chi connectivity index (χ4v) is 6.97. The Morgan fingerprint density at radius 1 is 1.08 bits per heavy atom. The zero-order valence-electron chi connectivity index (χ0n) is 22.7. The topological polar surface area (TPSA) is 63.1 Å². The first kappa shape index (κ1) is 27.2. The summed E-state index contributed by atoms with van der Waals surface area (Å²) in [6, 6.07) is 7.30. The number of fused-ring (bicyclic) bond motifs is 2. The lowest BCUT2D eigenvalue weighted by atomic mass is 9.86. The van der Waals surface area contributed by atoms with E-state index in [0.29, 0.717) is 30.5 Å². The zero-order chi connectivity index (χ0) is 27.0. The third kappa shape index (κ3) is 5.77. The Morgan fingerprint density at radius 2 is 1.76 bits per heavy atom. The van der Waals surface area contributed by atoms with Crippen molar-refractivity contribution < 1.29 is 18.0 Å². The number of hydrogen-bond donors (Lipinski definition) is 1. The molecule has 4 atom stereocenters. The maximum absolute atomic E-state index is 14.1. The summed E-state index contributed by atoms with van der Waals surface area (Å²) < 4.78 is 43.7. The van der Waals surface area contributed by atoms with Gasteiger partial charge in [0.2, 0.25) is 11.8 Å². The van der Waals surface area contributed by atoms with Crippen LogP contribution in [-0.2, 0) is 4.79 Å². The quantitative estimate of drug-likeness (QED) is 0.448. The third-order valence-electron chi connectivity index (χ3n) is 8.97. The molecule has 1 aromatic heterocycles. The molecular weight excluding hydrogens is 491 g/mol. The molecule has 38 heavy (non-hydrogen) atoms. The molecular formula is C29H40F3N5O. The number of carbonyl (C=O) groups excluding carboxylic acids is 1. The summed E-state index contributed by atoms with van der Waals surface area (Å²) in [5, 5.41) is 11.9. The molecule has 9 heteroatoms. The van der Waals surface area contributed by atoms with Crippen LogP contribution in [-0.4, -0.2) is 50.1 Å². The van der Waals surface area contributed by atoms with E-state index in [0.717, 1.165) is 49.4 Å². The van der Waals surface area contributed by atoms with Gasteiger partial charge in [-0.3, -0.25) is 9.69 Å². The molecule has 1 amide bonds. The summed E-state index contributed by atoms with van der Waals surface area (Å²) in [7, 11) is 0. The molecule has 1 N–H and O–H groups in total. The molecule has 2 aliphatic heterocycles. The Kier molecular flexibility index (Phi) is 7.85. The molecule has 6 nitrogen and oxygen atoms in total. The fraction of sp³-hybridized carbons (Fsp3) is 0.690. The van der Waals surface area contributed by atoms with Crippen LogP contribution in [0.1, 0.15) is 107 Å². The minimum Gasteiger partial charge on any atom is -0.349 e. The van der Waals surface area contributed by atoms with E-state index in [1.54, 1.807) is 6.07 Å². The fourth-order valence-electron chi connectivity index (χ4n) is 6.97. The molecule has 3 fully saturated rings. The minimum atomic E-state index is -2.68. The van der Waals surface area contributed by atoms with E-state index < -0.39 is 11.8 Å². The average molecular weight is 532 g/mol. The molecule has 3 aliphatic rings. The van der Waals surface area contributed by atoms with Gasteiger partial charge in [0.25, 0.3) is 0 Å². The molecule has 0 radical (unpaired) electrons. The highest BCUT2D eigenvalue weighted by molar-refractivity contribution is 5.79. The lowest BCUT2D eigenvalue weighted by Crippen LogP contribution is -2.45. The van der Waals surface area contributed by atoms with Crippen molar-refractivity contribution in [3.05, 3.63) is 47.3 Å². The summed E-state index contributed by atoms with van der Waals surface area (Å²) in [5.74, 6) is -1.29. The standard InChI is InChI=1S/C29H40F3N5O/c1-18(2)27-35-34-19(3)37(27)25-16-23-7-8-24(17-25)36(23)14-11-26(21-5-4-6-22(30)15-21)33-28(38)20-9-12-29(31,32)13-10-20/h4-6,15,18,20,23-26H,7-14,16-17H2,1-3H3,(H,33,38)/t23-,24+,25?,26-/m0/s1. The Morgan fingerprint density at radius 3 is 2.39 bits per heavy atom. The summed E-state index contributed by atoms with van der Waals surface area (Å²) >= 11 is 0. The van der Waals surface area contributed by atoms with Crippen LogP contribution in [0.2, 0.25) is 0 Å². The zero-order valence-corrected chi connectivity index (χ0v) is 22.7. The average Bonchev–Trinajstić information content (AvgIpc) is 3.36. The summed E-state index contributed by atoms with van der Waals surface area (Å²) in [5.41, 5.74) is 0.725. The van der Waals surface area contributed by atoms with Crippen LogP contribution in [0.15, 0.2) is 24.3 Å². The molecule has 1 unspecified atom stereocenters. The van der Waals surface area contributed by atoms with Crippen LogP contribution in [0.5, 0.6) is 0 Å². The van der Waals surface area contributed by atoms with Crippen LogP contribution in [0.4, 0.5) is 13.2 Å². The highest BCUT2D eigenvalue weighted by Crippen LogP contribution is 2.42. The van der Waals surface area contributed by atoms with Crippen LogP contribution in [0.3, 0.4) is 0 Å². The second-order valence-electron chi connectivity index (χ2n) is 11.9. The number of aryl methyl sites for hydroxylation is 1. The van der Waals surface area contributed by atoms with Crippen LogP contribution < -0.4 is 5.32 Å². The van der Waals surface area contributed by atoms with Gasteiger partial charge >= 0.3 is 0 Å². The number of piperidine rings is 1. The first-order valence-electron chi connectivity index (χ1n) is 14.2. The highest BCUT2D eigenvalue weighted by Gasteiger charge is 2.42. The van der Waals surface area contributed by atoms with E-state index in [9.17, 15) is 18.0 Å². The molecule has 0 spiro atoms. The normalized spacial score (nSPS) is 26.6. The van der Waals surface area contributed by atoms with Gasteiger partial charge in [0, 0.05) is 49.3 Å². The molecule has 1 aromatic carbocycles. The van der Waals surface area contributed by atoms with Crippen LogP contribution in [0.25, 0.3) is 0 Å². The van der Waals surface area contributed by atoms with Crippen LogP contribution >= 0.6 is 0 Å². The molecule has 5 rings (SSSR count). The van der Waals surface area contributed by atoms with E-state index in [1.165, 1.54) is 12.1 Å². The lowest BCUT2D eigenvalue weighted by Gasteiger charge is -2.40. The van der Waals surface area contributed by atoms with Gasteiger partial charge in [-0.25, -0.2) is 13.2 Å². The number of hydrogen-bond acceptors (Lipinski definition) is 4. The lowest BCUT2D eigenvalue weighted by molar-refractivity contribution is -0.130. The van der Waals surface area contributed by atoms with E-state index >= 15 is 0 Å². The number of nitrogens with one attached hydrogen (secondary N) is 1. The van der Waals surface area contributed by atoms with Gasteiger partial charge < -0.3 is 9.88 Å². The van der Waals surface area contributed by atoms with Gasteiger partial charge in [-0.2, -0.15) is 0 Å². The van der Waals surface area contributed by atoms with Crippen molar-refractivity contribution in [1.82, 2.24) is 25.0 Å². The number of aromatic nitrogens is 3. The first-order chi connectivity index (χ1) is 18.1. The maximum atomic E-state index is 14.1. The largest absolute Gasteiger partial charge is 0.349 e. The highest BCUT2D eigenvalue weighted by atomic mass is 19.3. The number of carbonyl (C=O) groups is 1. The van der Waals surface area contributed by atoms with Crippen molar-refractivity contribution in [2.24, 2.45) is 5.92 Å². The molecule has 2 aromatic rings. The summed E-state index contributed by atoms with van der Waals surface area (Å²) in [4.78, 5) is 15.7. The molecule has 2 bridgehead atoms. The van der Waals surface area contributed by atoms with E-state index in [1.807, 2.05) is 13.0 Å². The van der Waals surface area contributed by atoms with E-state index in [2.05, 4.69) is 38.8 Å². The number of alkyl halides is 2. The van der Waals surface area contributed by atoms with Gasteiger partial charge in [-0.15, -0.1) is 10.2 Å². The van der Waals surface area contributed by atoms with Gasteiger partial charge in [0.05, 0.1) is 6.04 Å². The second kappa shape index (κ2) is 11.0. The minimum absolute atomic E-state index is 0.188. The number of halogens is 3. The van der Waals surface area contributed by atoms with Crippen molar-refractivity contribution in [3.63, 3.8) is 0 Å². The Labute approximate surface area is 223 Å². The Hall–Kier alpha value is -2.42. The van der Waals surface area contributed by atoms with E-state index in [-0.39, 0.29) is 43.4 Å². The third-order valence-corrected chi connectivity index (χ3v) is 8.97. The smallest absolute Gasteiger partial charge is 0.248 e. The molecule has 3 heterocycles. The van der Waals surface area contributed by atoms with Crippen molar-refractivity contribution in [1.29, 1.82) is 0 Å². The van der Waals surface area contributed by atoms with E-state index in [4.69, 9.17) is 0 Å². The molecule has 2 saturated heterocycles. The van der Waals surface area contributed by atoms with Gasteiger partial charge in [-0.1, -0.05) is 26.0 Å². The summed E-state index contributed by atoms with van der Waals surface area (Å²) in [6.07, 6.45) is 4.90.